The first kappa shape index (κ1) is 15.3. The first-order chi connectivity index (χ1) is 9.90. The average Bonchev–Trinajstić information content (AvgIpc) is 2.47. The molecule has 21 heavy (non-hydrogen) atoms. The maximum absolute atomic E-state index is 12.0. The van der Waals surface area contributed by atoms with Gasteiger partial charge in [-0.3, -0.25) is 4.79 Å². The number of carboxylic acids is 1. The zero-order valence-corrected chi connectivity index (χ0v) is 11.9. The lowest BCUT2D eigenvalue weighted by molar-refractivity contribution is -0.165. The second-order valence-electron chi connectivity index (χ2n) is 5.32. The monoisotopic (exact) mass is 293 g/mol. The maximum Gasteiger partial charge on any atom is 0.335 e. The average molecular weight is 293 g/mol. The van der Waals surface area contributed by atoms with E-state index in [1.165, 1.54) is 4.90 Å². The highest BCUT2D eigenvalue weighted by Gasteiger charge is 2.40. The van der Waals surface area contributed by atoms with Gasteiger partial charge in [0.05, 0.1) is 0 Å². The molecule has 1 aromatic rings. The van der Waals surface area contributed by atoms with Crippen molar-refractivity contribution in [3.63, 3.8) is 0 Å². The Bertz CT molecular complexity index is 517. The summed E-state index contributed by atoms with van der Waals surface area (Å²) in [6.45, 7) is 2.32. The van der Waals surface area contributed by atoms with Crippen LogP contribution in [-0.4, -0.2) is 52.3 Å². The van der Waals surface area contributed by atoms with E-state index in [2.05, 4.69) is 0 Å². The summed E-state index contributed by atoms with van der Waals surface area (Å²) in [4.78, 5) is 24.4. The molecular formula is C15H19NO5. The highest BCUT2D eigenvalue weighted by molar-refractivity contribution is 5.80. The van der Waals surface area contributed by atoms with E-state index in [4.69, 9.17) is 9.84 Å². The van der Waals surface area contributed by atoms with E-state index in [1.54, 1.807) is 12.1 Å². The number of nitrogens with zero attached hydrogens (tertiary/aromatic N) is 1. The summed E-state index contributed by atoms with van der Waals surface area (Å²) in [6, 6.07) is 7.38. The zero-order valence-electron chi connectivity index (χ0n) is 11.9. The van der Waals surface area contributed by atoms with Crippen molar-refractivity contribution in [1.29, 1.82) is 0 Å². The van der Waals surface area contributed by atoms with Crippen molar-refractivity contribution in [2.75, 3.05) is 19.7 Å². The van der Waals surface area contributed by atoms with Gasteiger partial charge in [0.2, 0.25) is 0 Å². The number of carbonyl (C=O) groups excluding carboxylic acids is 1. The van der Waals surface area contributed by atoms with Crippen molar-refractivity contribution >= 4 is 11.9 Å². The number of aliphatic carboxylic acids is 1. The molecule has 0 aliphatic carbocycles. The van der Waals surface area contributed by atoms with E-state index < -0.39 is 11.6 Å². The SMILES string of the molecule is Cc1ccc(OCC(=O)N2CCC(O)(C(=O)O)CC2)cc1. The van der Waals surface area contributed by atoms with Crippen LogP contribution in [0.25, 0.3) is 0 Å². The first-order valence-electron chi connectivity index (χ1n) is 6.84. The molecule has 1 aliphatic heterocycles. The molecule has 1 aromatic carbocycles. The summed E-state index contributed by atoms with van der Waals surface area (Å²) < 4.78 is 5.41. The molecular weight excluding hydrogens is 274 g/mol. The summed E-state index contributed by atoms with van der Waals surface area (Å²) in [5.74, 6) is -0.818. The summed E-state index contributed by atoms with van der Waals surface area (Å²) in [6.07, 6.45) is 0.0806. The zero-order chi connectivity index (χ0) is 15.5. The Morgan fingerprint density at radius 1 is 1.24 bits per heavy atom. The van der Waals surface area contributed by atoms with Gasteiger partial charge in [-0.25, -0.2) is 4.79 Å². The molecule has 1 aliphatic rings. The number of carbonyl (C=O) groups is 2. The van der Waals surface area contributed by atoms with Gasteiger partial charge in [0, 0.05) is 25.9 Å². The number of carboxylic acid groups (broad SMARTS) is 1. The minimum absolute atomic E-state index is 0.0403. The molecule has 0 spiro atoms. The number of hydrogen-bond donors (Lipinski definition) is 2. The van der Waals surface area contributed by atoms with Gasteiger partial charge in [-0.05, 0) is 19.1 Å². The van der Waals surface area contributed by atoms with Crippen LogP contribution in [-0.2, 0) is 9.59 Å². The Balaban J connectivity index is 1.82. The van der Waals surface area contributed by atoms with Gasteiger partial charge >= 0.3 is 5.97 Å². The molecule has 0 saturated carbocycles. The van der Waals surface area contributed by atoms with Gasteiger partial charge in [-0.1, -0.05) is 17.7 Å². The molecule has 0 aromatic heterocycles. The highest BCUT2D eigenvalue weighted by Crippen LogP contribution is 2.22. The Morgan fingerprint density at radius 3 is 2.33 bits per heavy atom. The molecule has 1 heterocycles. The van der Waals surface area contributed by atoms with Crippen LogP contribution in [0, 0.1) is 6.92 Å². The van der Waals surface area contributed by atoms with Gasteiger partial charge in [-0.2, -0.15) is 0 Å². The van der Waals surface area contributed by atoms with Gasteiger partial charge in [0.15, 0.2) is 12.2 Å². The molecule has 1 fully saturated rings. The fraction of sp³-hybridized carbons (Fsp3) is 0.467. The van der Waals surface area contributed by atoms with Gasteiger partial charge < -0.3 is 19.8 Å². The molecule has 114 valence electrons. The third-order valence-corrected chi connectivity index (χ3v) is 3.72. The predicted molar refractivity (Wildman–Crippen MR) is 75.1 cm³/mol. The number of likely N-dealkylation sites (tertiary alicyclic amines) is 1. The summed E-state index contributed by atoms with van der Waals surface area (Å²) in [5, 5.41) is 18.7. The predicted octanol–water partition coefficient (Wildman–Crippen LogP) is 0.812. The third-order valence-electron chi connectivity index (χ3n) is 3.72. The summed E-state index contributed by atoms with van der Waals surface area (Å²) >= 11 is 0. The van der Waals surface area contributed by atoms with Gasteiger partial charge in [0.1, 0.15) is 5.75 Å². The first-order valence-corrected chi connectivity index (χ1v) is 6.84. The molecule has 0 radical (unpaired) electrons. The van der Waals surface area contributed by atoms with E-state index in [-0.39, 0.29) is 38.4 Å². The van der Waals surface area contributed by atoms with Crippen LogP contribution in [0.15, 0.2) is 24.3 Å². The van der Waals surface area contributed by atoms with Crippen LogP contribution in [0.1, 0.15) is 18.4 Å². The number of rotatable bonds is 4. The standard InChI is InChI=1S/C15H19NO5/c1-11-2-4-12(5-3-11)21-10-13(17)16-8-6-15(20,7-9-16)14(18)19/h2-5,20H,6-10H2,1H3,(H,18,19). The molecule has 1 amide bonds. The van der Waals surface area contributed by atoms with E-state index in [0.717, 1.165) is 5.56 Å². The number of ether oxygens (including phenoxy) is 1. The van der Waals surface area contributed by atoms with E-state index in [0.29, 0.717) is 5.75 Å². The number of piperidine rings is 1. The molecule has 2 rings (SSSR count). The van der Waals surface area contributed by atoms with Crippen molar-refractivity contribution < 1.29 is 24.5 Å². The summed E-state index contributed by atoms with van der Waals surface area (Å²) in [7, 11) is 0. The Morgan fingerprint density at radius 2 is 1.81 bits per heavy atom. The van der Waals surface area contributed by atoms with Crippen molar-refractivity contribution in [3.8, 4) is 5.75 Å². The number of aryl methyl sites for hydroxylation is 1. The lowest BCUT2D eigenvalue weighted by Gasteiger charge is -2.35. The molecule has 0 unspecified atom stereocenters. The maximum atomic E-state index is 12.0. The molecule has 2 N–H and O–H groups in total. The van der Waals surface area contributed by atoms with E-state index in [9.17, 15) is 14.7 Å². The van der Waals surface area contributed by atoms with Crippen LogP contribution in [0.2, 0.25) is 0 Å². The van der Waals surface area contributed by atoms with Crippen LogP contribution in [0.3, 0.4) is 0 Å². The Labute approximate surface area is 122 Å². The van der Waals surface area contributed by atoms with Crippen molar-refractivity contribution in [1.82, 2.24) is 4.90 Å². The van der Waals surface area contributed by atoms with Gasteiger partial charge in [0.25, 0.3) is 5.91 Å². The van der Waals surface area contributed by atoms with Crippen molar-refractivity contribution in [2.24, 2.45) is 0 Å². The number of benzene rings is 1. The normalized spacial score (nSPS) is 17.3. The number of hydrogen-bond acceptors (Lipinski definition) is 4. The van der Waals surface area contributed by atoms with E-state index >= 15 is 0 Å². The molecule has 0 atom stereocenters. The minimum atomic E-state index is -1.71. The van der Waals surface area contributed by atoms with Crippen LogP contribution in [0.5, 0.6) is 5.75 Å². The second kappa shape index (κ2) is 6.13. The van der Waals surface area contributed by atoms with Crippen molar-refractivity contribution in [2.45, 2.75) is 25.4 Å². The lowest BCUT2D eigenvalue weighted by Crippen LogP contribution is -2.51. The Hall–Kier alpha value is -2.08. The van der Waals surface area contributed by atoms with Crippen LogP contribution >= 0.6 is 0 Å². The van der Waals surface area contributed by atoms with Gasteiger partial charge in [-0.15, -0.1) is 0 Å². The van der Waals surface area contributed by atoms with E-state index in [1.807, 2.05) is 19.1 Å². The van der Waals surface area contributed by atoms with Crippen LogP contribution in [0.4, 0.5) is 0 Å². The number of aliphatic hydroxyl groups is 1. The lowest BCUT2D eigenvalue weighted by atomic mass is 9.92. The fourth-order valence-electron chi connectivity index (χ4n) is 2.21. The quantitative estimate of drug-likeness (QED) is 0.858. The smallest absolute Gasteiger partial charge is 0.335 e. The van der Waals surface area contributed by atoms with Crippen LogP contribution < -0.4 is 4.74 Å². The highest BCUT2D eigenvalue weighted by atomic mass is 16.5. The number of amides is 1. The molecule has 1 saturated heterocycles. The molecule has 6 nitrogen and oxygen atoms in total. The van der Waals surface area contributed by atoms with Crippen molar-refractivity contribution in [3.05, 3.63) is 29.8 Å². The largest absolute Gasteiger partial charge is 0.484 e. The topological polar surface area (TPSA) is 87.1 Å². The fourth-order valence-corrected chi connectivity index (χ4v) is 2.21. The second-order valence-corrected chi connectivity index (χ2v) is 5.32. The molecule has 0 bridgehead atoms. The molecule has 6 heteroatoms. The minimum Gasteiger partial charge on any atom is -0.484 e. The summed E-state index contributed by atoms with van der Waals surface area (Å²) in [5.41, 5.74) is -0.605. The Kier molecular flexibility index (Phi) is 4.47. The third kappa shape index (κ3) is 3.72.